The first-order valence-electron chi connectivity index (χ1n) is 10.3. The minimum atomic E-state index is -3.80. The highest BCUT2D eigenvalue weighted by atomic mass is 32.2. The molecule has 31 heavy (non-hydrogen) atoms. The summed E-state index contributed by atoms with van der Waals surface area (Å²) < 4.78 is 32.4. The molecule has 0 spiro atoms. The zero-order chi connectivity index (χ0) is 22.8. The highest BCUT2D eigenvalue weighted by molar-refractivity contribution is 7.91. The smallest absolute Gasteiger partial charge is 0.239 e. The molecule has 0 aliphatic carbocycles. The minimum absolute atomic E-state index is 0.0687. The van der Waals surface area contributed by atoms with Gasteiger partial charge in [-0.1, -0.05) is 12.1 Å². The lowest BCUT2D eigenvalue weighted by Gasteiger charge is -2.35. The molecule has 170 valence electrons. The van der Waals surface area contributed by atoms with Crippen molar-refractivity contribution in [3.05, 3.63) is 41.6 Å². The van der Waals surface area contributed by atoms with Gasteiger partial charge in [-0.25, -0.2) is 17.4 Å². The number of carbonyl (C=O) groups is 1. The highest BCUT2D eigenvalue weighted by Gasteiger charge is 2.45. The number of nitrogens with two attached hydrogens (primary N) is 1. The first-order valence-corrected chi connectivity index (χ1v) is 11.7. The summed E-state index contributed by atoms with van der Waals surface area (Å²) in [6.07, 6.45) is 3.15. The molecule has 9 nitrogen and oxygen atoms in total. The monoisotopic (exact) mass is 450 g/mol. The van der Waals surface area contributed by atoms with Crippen LogP contribution in [0.25, 0.3) is 5.69 Å². The number of hydrogen-bond acceptors (Lipinski definition) is 6. The Hall–Kier alpha value is -2.43. The standard InChI is InChI=1S/C21H30N4O5S/c1-15-14-17(4-5-18(15)25-11-8-19(23-25)30-13-12-26)16-6-9-24(10-7-16)31(28,29)21(2,3)20(22)27/h4-5,8,11,14,16,26H,6-7,9-10,12-13H2,1-3H3,(H2,22,27). The number of aromatic nitrogens is 2. The Morgan fingerprint density at radius 3 is 2.55 bits per heavy atom. The van der Waals surface area contributed by atoms with E-state index in [-0.39, 0.29) is 19.1 Å². The van der Waals surface area contributed by atoms with Crippen molar-refractivity contribution in [1.82, 2.24) is 14.1 Å². The fraction of sp³-hybridized carbons (Fsp3) is 0.524. The fourth-order valence-electron chi connectivity index (χ4n) is 3.74. The largest absolute Gasteiger partial charge is 0.474 e. The van der Waals surface area contributed by atoms with Gasteiger partial charge >= 0.3 is 0 Å². The van der Waals surface area contributed by atoms with E-state index in [1.54, 1.807) is 16.9 Å². The molecule has 1 aliphatic heterocycles. The van der Waals surface area contributed by atoms with Gasteiger partial charge in [0.25, 0.3) is 0 Å². The molecule has 0 saturated carbocycles. The Labute approximate surface area is 182 Å². The van der Waals surface area contributed by atoms with Crippen molar-refractivity contribution in [3.8, 4) is 11.6 Å². The number of piperidine rings is 1. The number of carbonyl (C=O) groups excluding carboxylic acids is 1. The number of aliphatic hydroxyl groups excluding tert-OH is 1. The molecular formula is C21H30N4O5S. The summed E-state index contributed by atoms with van der Waals surface area (Å²) in [5.74, 6) is -0.161. The maximum atomic E-state index is 12.8. The number of amides is 1. The second-order valence-corrected chi connectivity index (χ2v) is 10.8. The van der Waals surface area contributed by atoms with Crippen LogP contribution in [-0.2, 0) is 14.8 Å². The summed E-state index contributed by atoms with van der Waals surface area (Å²) in [6.45, 7) is 5.55. The first kappa shape index (κ1) is 23.2. The van der Waals surface area contributed by atoms with Crippen LogP contribution in [0.15, 0.2) is 30.5 Å². The number of aliphatic hydroxyl groups is 1. The van der Waals surface area contributed by atoms with Gasteiger partial charge in [-0.15, -0.1) is 5.10 Å². The number of nitrogens with zero attached hydrogens (tertiary/aromatic N) is 3. The number of rotatable bonds is 8. The summed E-state index contributed by atoms with van der Waals surface area (Å²) >= 11 is 0. The Bertz CT molecular complexity index is 1040. The minimum Gasteiger partial charge on any atom is -0.474 e. The molecule has 3 N–H and O–H groups in total. The molecule has 1 aromatic carbocycles. The highest BCUT2D eigenvalue weighted by Crippen LogP contribution is 2.33. The van der Waals surface area contributed by atoms with Crippen molar-refractivity contribution < 1.29 is 23.1 Å². The number of aryl methyl sites for hydroxylation is 1. The zero-order valence-corrected chi connectivity index (χ0v) is 18.9. The van der Waals surface area contributed by atoms with E-state index >= 15 is 0 Å². The number of primary amides is 1. The molecule has 3 rings (SSSR count). The van der Waals surface area contributed by atoms with Crippen LogP contribution < -0.4 is 10.5 Å². The topological polar surface area (TPSA) is 128 Å². The predicted molar refractivity (Wildman–Crippen MR) is 117 cm³/mol. The maximum absolute atomic E-state index is 12.8. The molecule has 0 radical (unpaired) electrons. The third kappa shape index (κ3) is 4.60. The quantitative estimate of drug-likeness (QED) is 0.624. The van der Waals surface area contributed by atoms with Gasteiger partial charge < -0.3 is 15.6 Å². The Kier molecular flexibility index (Phi) is 6.73. The van der Waals surface area contributed by atoms with E-state index in [1.807, 2.05) is 19.1 Å². The third-order valence-electron chi connectivity index (χ3n) is 5.88. The number of sulfonamides is 1. The van der Waals surface area contributed by atoms with Crippen LogP contribution >= 0.6 is 0 Å². The predicted octanol–water partition coefficient (Wildman–Crippen LogP) is 1.32. The lowest BCUT2D eigenvalue weighted by atomic mass is 9.89. The van der Waals surface area contributed by atoms with E-state index in [0.717, 1.165) is 16.8 Å². The van der Waals surface area contributed by atoms with E-state index in [2.05, 4.69) is 11.2 Å². The molecule has 1 fully saturated rings. The van der Waals surface area contributed by atoms with E-state index in [4.69, 9.17) is 15.6 Å². The molecule has 2 heterocycles. The maximum Gasteiger partial charge on any atom is 0.239 e. The van der Waals surface area contributed by atoms with Gasteiger partial charge in [0, 0.05) is 25.4 Å². The van der Waals surface area contributed by atoms with Crippen molar-refractivity contribution in [2.24, 2.45) is 5.73 Å². The van der Waals surface area contributed by atoms with E-state index in [0.29, 0.717) is 31.8 Å². The molecule has 10 heteroatoms. The van der Waals surface area contributed by atoms with Crippen molar-refractivity contribution in [1.29, 1.82) is 0 Å². The van der Waals surface area contributed by atoms with Crippen LogP contribution in [0.5, 0.6) is 5.88 Å². The molecule has 2 aromatic rings. The lowest BCUT2D eigenvalue weighted by molar-refractivity contribution is -0.119. The normalized spacial score (nSPS) is 16.4. The van der Waals surface area contributed by atoms with Crippen LogP contribution in [0.1, 0.15) is 43.7 Å². The van der Waals surface area contributed by atoms with Gasteiger partial charge in [-0.05, 0) is 56.7 Å². The second-order valence-electron chi connectivity index (χ2n) is 8.27. The molecule has 1 saturated heterocycles. The third-order valence-corrected chi connectivity index (χ3v) is 8.41. The molecule has 0 bridgehead atoms. The van der Waals surface area contributed by atoms with E-state index in [9.17, 15) is 13.2 Å². The van der Waals surface area contributed by atoms with E-state index in [1.165, 1.54) is 18.2 Å². The molecular weight excluding hydrogens is 420 g/mol. The van der Waals surface area contributed by atoms with Crippen molar-refractivity contribution in [2.75, 3.05) is 26.3 Å². The zero-order valence-electron chi connectivity index (χ0n) is 18.1. The van der Waals surface area contributed by atoms with Crippen LogP contribution in [0.4, 0.5) is 0 Å². The summed E-state index contributed by atoms with van der Waals surface area (Å²) in [5, 5.41) is 13.2. The van der Waals surface area contributed by atoms with Crippen molar-refractivity contribution in [3.63, 3.8) is 0 Å². The number of ether oxygens (including phenoxy) is 1. The first-order chi connectivity index (χ1) is 14.6. The van der Waals surface area contributed by atoms with Crippen LogP contribution in [0.2, 0.25) is 0 Å². The second kappa shape index (κ2) is 8.97. The fourth-order valence-corrected chi connectivity index (χ4v) is 5.33. The number of benzene rings is 1. The molecule has 1 aliphatic rings. The summed E-state index contributed by atoms with van der Waals surface area (Å²) in [7, 11) is -3.80. The average molecular weight is 451 g/mol. The van der Waals surface area contributed by atoms with Crippen molar-refractivity contribution in [2.45, 2.75) is 44.3 Å². The number of hydrogen-bond donors (Lipinski definition) is 2. The molecule has 1 amide bonds. The van der Waals surface area contributed by atoms with Crippen LogP contribution in [0, 0.1) is 6.92 Å². The lowest BCUT2D eigenvalue weighted by Crippen LogP contribution is -2.53. The SMILES string of the molecule is Cc1cc(C2CCN(S(=O)(=O)C(C)(C)C(N)=O)CC2)ccc1-n1ccc(OCCO)n1. The van der Waals surface area contributed by atoms with Gasteiger partial charge in [-0.2, -0.15) is 0 Å². The van der Waals surface area contributed by atoms with Crippen LogP contribution in [-0.4, -0.2) is 64.6 Å². The molecule has 0 atom stereocenters. The van der Waals surface area contributed by atoms with Gasteiger partial charge in [-0.3, -0.25) is 4.79 Å². The Balaban J connectivity index is 1.70. The Morgan fingerprint density at radius 2 is 1.97 bits per heavy atom. The van der Waals surface area contributed by atoms with Crippen LogP contribution in [0.3, 0.4) is 0 Å². The molecule has 1 aromatic heterocycles. The van der Waals surface area contributed by atoms with Gasteiger partial charge in [0.05, 0.1) is 12.3 Å². The van der Waals surface area contributed by atoms with E-state index < -0.39 is 20.7 Å². The summed E-state index contributed by atoms with van der Waals surface area (Å²) in [4.78, 5) is 11.6. The molecule has 0 unspecified atom stereocenters. The summed E-state index contributed by atoms with van der Waals surface area (Å²) in [6, 6.07) is 7.88. The average Bonchev–Trinajstić information content (AvgIpc) is 3.20. The summed E-state index contributed by atoms with van der Waals surface area (Å²) in [5.41, 5.74) is 8.43. The van der Waals surface area contributed by atoms with Gasteiger partial charge in [0.2, 0.25) is 21.8 Å². The Morgan fingerprint density at radius 1 is 1.29 bits per heavy atom. The van der Waals surface area contributed by atoms with Crippen molar-refractivity contribution >= 4 is 15.9 Å². The van der Waals surface area contributed by atoms with Gasteiger partial charge in [0.15, 0.2) is 4.75 Å². The van der Waals surface area contributed by atoms with Gasteiger partial charge in [0.1, 0.15) is 6.61 Å².